The van der Waals surface area contributed by atoms with Crippen LogP contribution in [0.5, 0.6) is 0 Å². The molecule has 0 radical (unpaired) electrons. The van der Waals surface area contributed by atoms with Crippen molar-refractivity contribution in [2.24, 2.45) is 0 Å². The first-order chi connectivity index (χ1) is 9.86. The molecule has 0 saturated carbocycles. The molecule has 0 unspecified atom stereocenters. The summed E-state index contributed by atoms with van der Waals surface area (Å²) in [4.78, 5) is 0. The molecule has 0 spiro atoms. The molecular weight excluding hydrogens is 292 g/mol. The highest BCUT2D eigenvalue weighted by Crippen LogP contribution is 2.25. The number of aliphatic hydroxyl groups excluding tert-OH is 7. The maximum atomic E-state index is 9.78. The third kappa shape index (κ3) is 3.35. The summed E-state index contributed by atoms with van der Waals surface area (Å²) in [5.41, 5.74) is 0. The number of hydrogen-bond acceptors (Lipinski definition) is 10. The maximum absolute atomic E-state index is 9.78. The normalized spacial score (nSPS) is 51.9. The van der Waals surface area contributed by atoms with Crippen LogP contribution in [0.3, 0.4) is 0 Å². The molecule has 0 aromatic carbocycles. The fourth-order valence-electron chi connectivity index (χ4n) is 2.25. The highest BCUT2D eigenvalue weighted by Gasteiger charge is 2.47. The van der Waals surface area contributed by atoms with Crippen molar-refractivity contribution < 1.29 is 50.0 Å². The molecule has 124 valence electrons. The second kappa shape index (κ2) is 6.79. The number of ether oxygens (including phenoxy) is 3. The van der Waals surface area contributed by atoms with Crippen LogP contribution >= 0.6 is 0 Å². The standard InChI is InChI=1S/C11H20O10/c12-1-3-5(13)7(15)9(17)11(20-3)21-4-2-19-10(18)8(16)6(4)14/h3-18H,1-2H2/t3-,4-,5-,6+,7+,8+,9-,10-,11+/m1/s1. The lowest BCUT2D eigenvalue weighted by molar-refractivity contribution is -0.340. The second-order valence-corrected chi connectivity index (χ2v) is 5.08. The van der Waals surface area contributed by atoms with Crippen molar-refractivity contribution in [2.45, 2.75) is 55.3 Å². The van der Waals surface area contributed by atoms with Crippen molar-refractivity contribution >= 4 is 0 Å². The Labute approximate surface area is 119 Å². The number of rotatable bonds is 3. The van der Waals surface area contributed by atoms with Gasteiger partial charge in [-0.15, -0.1) is 0 Å². The van der Waals surface area contributed by atoms with Crippen LogP contribution < -0.4 is 0 Å². The van der Waals surface area contributed by atoms with Gasteiger partial charge in [0.25, 0.3) is 0 Å². The summed E-state index contributed by atoms with van der Waals surface area (Å²) in [7, 11) is 0. The number of aliphatic hydroxyl groups is 7. The topological polar surface area (TPSA) is 169 Å². The summed E-state index contributed by atoms with van der Waals surface area (Å²) >= 11 is 0. The van der Waals surface area contributed by atoms with Crippen LogP contribution in [0.2, 0.25) is 0 Å². The molecule has 0 amide bonds. The molecule has 2 saturated heterocycles. The highest BCUT2D eigenvalue weighted by atomic mass is 16.7. The van der Waals surface area contributed by atoms with Gasteiger partial charge in [0, 0.05) is 0 Å². The first-order valence-electron chi connectivity index (χ1n) is 6.48. The van der Waals surface area contributed by atoms with Crippen LogP contribution in [-0.4, -0.2) is 104 Å². The molecule has 0 aliphatic carbocycles. The van der Waals surface area contributed by atoms with Gasteiger partial charge in [0.1, 0.15) is 42.7 Å². The Morgan fingerprint density at radius 3 is 2.14 bits per heavy atom. The second-order valence-electron chi connectivity index (χ2n) is 5.08. The first kappa shape index (κ1) is 17.0. The summed E-state index contributed by atoms with van der Waals surface area (Å²) in [5, 5.41) is 66.5. The Morgan fingerprint density at radius 2 is 1.52 bits per heavy atom. The molecule has 2 aliphatic rings. The van der Waals surface area contributed by atoms with E-state index < -0.39 is 61.9 Å². The summed E-state index contributed by atoms with van der Waals surface area (Å²) in [6.45, 7) is -0.899. The third-order valence-corrected chi connectivity index (χ3v) is 3.61. The molecule has 0 bridgehead atoms. The SMILES string of the molecule is OC[C@H]1O[C@@H](O[C@@H]2CO[C@@H](O)[C@@H](O)[C@H]2O)[C@H](O)[C@@H](O)[C@@H]1O. The lowest BCUT2D eigenvalue weighted by atomic mass is 9.99. The van der Waals surface area contributed by atoms with E-state index >= 15 is 0 Å². The molecule has 7 N–H and O–H groups in total. The Kier molecular flexibility index (Phi) is 5.48. The molecule has 9 atom stereocenters. The molecule has 0 aromatic heterocycles. The summed E-state index contributed by atoms with van der Waals surface area (Å²) < 4.78 is 15.1. The molecular formula is C11H20O10. The van der Waals surface area contributed by atoms with E-state index in [2.05, 4.69) is 0 Å². The summed E-state index contributed by atoms with van der Waals surface area (Å²) in [5.74, 6) is 0. The van der Waals surface area contributed by atoms with Crippen molar-refractivity contribution in [1.29, 1.82) is 0 Å². The average molecular weight is 312 g/mol. The Hall–Kier alpha value is -0.400. The van der Waals surface area contributed by atoms with Crippen molar-refractivity contribution in [3.8, 4) is 0 Å². The van der Waals surface area contributed by atoms with Gasteiger partial charge >= 0.3 is 0 Å². The predicted molar refractivity (Wildman–Crippen MR) is 62.6 cm³/mol. The van der Waals surface area contributed by atoms with Gasteiger partial charge in [0.05, 0.1) is 13.2 Å². The average Bonchev–Trinajstić information content (AvgIpc) is 2.48. The molecule has 21 heavy (non-hydrogen) atoms. The fraction of sp³-hybridized carbons (Fsp3) is 1.00. The zero-order valence-electron chi connectivity index (χ0n) is 11.0. The minimum Gasteiger partial charge on any atom is -0.394 e. The smallest absolute Gasteiger partial charge is 0.187 e. The van der Waals surface area contributed by atoms with Crippen LogP contribution in [-0.2, 0) is 14.2 Å². The third-order valence-electron chi connectivity index (χ3n) is 3.61. The lowest BCUT2D eigenvalue weighted by Gasteiger charge is -2.43. The Bertz CT molecular complexity index is 339. The van der Waals surface area contributed by atoms with E-state index in [1.54, 1.807) is 0 Å². The van der Waals surface area contributed by atoms with Gasteiger partial charge < -0.3 is 50.0 Å². The largest absolute Gasteiger partial charge is 0.394 e. The first-order valence-corrected chi connectivity index (χ1v) is 6.48. The van der Waals surface area contributed by atoms with E-state index in [0.29, 0.717) is 0 Å². The van der Waals surface area contributed by atoms with E-state index in [1.807, 2.05) is 0 Å². The van der Waals surface area contributed by atoms with Gasteiger partial charge in [0.15, 0.2) is 12.6 Å². The van der Waals surface area contributed by atoms with Crippen LogP contribution in [0.15, 0.2) is 0 Å². The van der Waals surface area contributed by atoms with Crippen molar-refractivity contribution in [3.05, 3.63) is 0 Å². The summed E-state index contributed by atoms with van der Waals surface area (Å²) in [6.07, 6.45) is -13.2. The van der Waals surface area contributed by atoms with E-state index in [1.165, 1.54) is 0 Å². The molecule has 2 rings (SSSR count). The van der Waals surface area contributed by atoms with E-state index in [0.717, 1.165) is 0 Å². The van der Waals surface area contributed by atoms with Crippen molar-refractivity contribution in [1.82, 2.24) is 0 Å². The van der Waals surface area contributed by atoms with Gasteiger partial charge in [-0.3, -0.25) is 0 Å². The monoisotopic (exact) mass is 312 g/mol. The Morgan fingerprint density at radius 1 is 0.857 bits per heavy atom. The zero-order chi connectivity index (χ0) is 15.7. The summed E-state index contributed by atoms with van der Waals surface area (Å²) in [6, 6.07) is 0. The van der Waals surface area contributed by atoms with Crippen molar-refractivity contribution in [2.75, 3.05) is 13.2 Å². The van der Waals surface area contributed by atoms with Gasteiger partial charge in [-0.25, -0.2) is 0 Å². The van der Waals surface area contributed by atoms with Gasteiger partial charge in [-0.1, -0.05) is 0 Å². The molecule has 10 nitrogen and oxygen atoms in total. The van der Waals surface area contributed by atoms with Gasteiger partial charge in [-0.2, -0.15) is 0 Å². The van der Waals surface area contributed by atoms with E-state index in [-0.39, 0.29) is 6.61 Å². The van der Waals surface area contributed by atoms with Gasteiger partial charge in [0.2, 0.25) is 0 Å². The quantitative estimate of drug-likeness (QED) is 0.268. The minimum atomic E-state index is -1.63. The fourth-order valence-corrected chi connectivity index (χ4v) is 2.25. The van der Waals surface area contributed by atoms with Crippen LogP contribution in [0.1, 0.15) is 0 Å². The molecule has 2 heterocycles. The van der Waals surface area contributed by atoms with Crippen LogP contribution in [0.4, 0.5) is 0 Å². The van der Waals surface area contributed by atoms with Gasteiger partial charge in [-0.05, 0) is 0 Å². The van der Waals surface area contributed by atoms with Crippen LogP contribution in [0, 0.1) is 0 Å². The molecule has 2 aliphatic heterocycles. The minimum absolute atomic E-state index is 0.283. The molecule has 2 fully saturated rings. The molecule has 0 aromatic rings. The zero-order valence-corrected chi connectivity index (χ0v) is 11.0. The number of hydrogen-bond donors (Lipinski definition) is 7. The van der Waals surface area contributed by atoms with E-state index in [9.17, 15) is 30.6 Å². The van der Waals surface area contributed by atoms with Crippen LogP contribution in [0.25, 0.3) is 0 Å². The van der Waals surface area contributed by atoms with Crippen molar-refractivity contribution in [3.63, 3.8) is 0 Å². The Balaban J connectivity index is 2.01. The molecule has 10 heteroatoms. The highest BCUT2D eigenvalue weighted by molar-refractivity contribution is 4.91. The maximum Gasteiger partial charge on any atom is 0.187 e. The van der Waals surface area contributed by atoms with E-state index in [4.69, 9.17) is 19.3 Å². The lowest BCUT2D eigenvalue weighted by Crippen LogP contribution is -2.62. The predicted octanol–water partition coefficient (Wildman–Crippen LogP) is -4.76.